The molecule has 25 heavy (non-hydrogen) atoms. The number of anilines is 1. The molecule has 1 atom stereocenters. The van der Waals surface area contributed by atoms with Crippen molar-refractivity contribution in [1.82, 2.24) is 9.80 Å². The van der Waals surface area contributed by atoms with Crippen LogP contribution in [0.2, 0.25) is 0 Å². The molecule has 0 aromatic heterocycles. The summed E-state index contributed by atoms with van der Waals surface area (Å²) in [6, 6.07) is 4.98. The molecule has 1 heterocycles. The molecular weight excluding hydrogens is 338 g/mol. The van der Waals surface area contributed by atoms with Gasteiger partial charge in [-0.2, -0.15) is 0 Å². The molecule has 0 saturated carbocycles. The summed E-state index contributed by atoms with van der Waals surface area (Å²) in [4.78, 5) is 17.1. The summed E-state index contributed by atoms with van der Waals surface area (Å²) in [5.41, 5.74) is 2.41. The van der Waals surface area contributed by atoms with E-state index in [1.165, 1.54) is 10.6 Å². The lowest BCUT2D eigenvalue weighted by atomic mass is 10.1. The van der Waals surface area contributed by atoms with Gasteiger partial charge in [-0.3, -0.25) is 9.10 Å². The van der Waals surface area contributed by atoms with Crippen molar-refractivity contribution in [2.24, 2.45) is 0 Å². The van der Waals surface area contributed by atoms with E-state index in [0.29, 0.717) is 25.2 Å². The Kier molecular flexibility index (Phi) is 6.11. The smallest absolute Gasteiger partial charge is 0.246 e. The van der Waals surface area contributed by atoms with Crippen molar-refractivity contribution < 1.29 is 13.2 Å². The van der Waals surface area contributed by atoms with E-state index in [4.69, 9.17) is 0 Å². The lowest BCUT2D eigenvalue weighted by Crippen LogP contribution is -2.55. The first-order valence-corrected chi connectivity index (χ1v) is 10.5. The van der Waals surface area contributed by atoms with Crippen LogP contribution in [-0.4, -0.2) is 69.6 Å². The summed E-state index contributed by atoms with van der Waals surface area (Å²) in [6.45, 7) is 8.55. The van der Waals surface area contributed by atoms with Crippen molar-refractivity contribution in [2.45, 2.75) is 33.2 Å². The van der Waals surface area contributed by atoms with Crippen molar-refractivity contribution in [2.75, 3.05) is 43.8 Å². The lowest BCUT2D eigenvalue weighted by Gasteiger charge is -2.38. The molecule has 1 aliphatic heterocycles. The zero-order chi connectivity index (χ0) is 18.8. The van der Waals surface area contributed by atoms with Gasteiger partial charge in [0.15, 0.2) is 0 Å². The molecule has 0 radical (unpaired) electrons. The Morgan fingerprint density at radius 1 is 1.20 bits per heavy atom. The number of benzene rings is 1. The Morgan fingerprint density at radius 2 is 1.80 bits per heavy atom. The van der Waals surface area contributed by atoms with E-state index in [-0.39, 0.29) is 5.91 Å². The van der Waals surface area contributed by atoms with Crippen LogP contribution in [0.3, 0.4) is 0 Å². The maximum Gasteiger partial charge on any atom is 0.246 e. The fraction of sp³-hybridized carbons (Fsp3) is 0.611. The monoisotopic (exact) mass is 367 g/mol. The normalized spacial score (nSPS) is 17.4. The first-order valence-electron chi connectivity index (χ1n) is 8.69. The van der Waals surface area contributed by atoms with Gasteiger partial charge < -0.3 is 9.80 Å². The van der Waals surface area contributed by atoms with Crippen molar-refractivity contribution in [3.63, 3.8) is 0 Å². The molecule has 1 aromatic carbocycles. The van der Waals surface area contributed by atoms with Gasteiger partial charge in [0.25, 0.3) is 0 Å². The summed E-state index contributed by atoms with van der Waals surface area (Å²) in [5, 5.41) is 0. The van der Waals surface area contributed by atoms with E-state index in [2.05, 4.69) is 4.90 Å². The van der Waals surface area contributed by atoms with Crippen LogP contribution in [-0.2, 0) is 14.8 Å². The number of carbonyl (C=O) groups is 1. The summed E-state index contributed by atoms with van der Waals surface area (Å²) in [5.74, 6) is -0.109. The summed E-state index contributed by atoms with van der Waals surface area (Å²) >= 11 is 0. The summed E-state index contributed by atoms with van der Waals surface area (Å²) in [6.07, 6.45) is 1.61. The van der Waals surface area contributed by atoms with Gasteiger partial charge >= 0.3 is 0 Å². The minimum Gasteiger partial charge on any atom is -0.338 e. The predicted octanol–water partition coefficient (Wildman–Crippen LogP) is 1.62. The van der Waals surface area contributed by atoms with Crippen LogP contribution in [0.4, 0.5) is 5.69 Å². The topological polar surface area (TPSA) is 60.9 Å². The fourth-order valence-electron chi connectivity index (χ4n) is 3.21. The van der Waals surface area contributed by atoms with Gasteiger partial charge in [0.2, 0.25) is 15.9 Å². The molecule has 1 amide bonds. The fourth-order valence-corrected chi connectivity index (χ4v) is 4.47. The number of hydrogen-bond acceptors (Lipinski definition) is 4. The van der Waals surface area contributed by atoms with Crippen molar-refractivity contribution in [3.05, 3.63) is 29.3 Å². The molecule has 1 fully saturated rings. The van der Waals surface area contributed by atoms with Crippen molar-refractivity contribution in [1.29, 1.82) is 0 Å². The van der Waals surface area contributed by atoms with Gasteiger partial charge in [0.1, 0.15) is 6.04 Å². The Morgan fingerprint density at radius 3 is 2.32 bits per heavy atom. The Labute approximate surface area is 151 Å². The zero-order valence-corrected chi connectivity index (χ0v) is 16.6. The lowest BCUT2D eigenvalue weighted by molar-refractivity contribution is -0.134. The predicted molar refractivity (Wildman–Crippen MR) is 101 cm³/mol. The number of hydrogen-bond donors (Lipinski definition) is 0. The molecule has 0 spiro atoms. The van der Waals surface area contributed by atoms with E-state index in [1.807, 2.05) is 46.0 Å². The maximum atomic E-state index is 13.1. The highest BCUT2D eigenvalue weighted by molar-refractivity contribution is 7.92. The Bertz CT molecular complexity index is 725. The third kappa shape index (κ3) is 4.52. The van der Waals surface area contributed by atoms with Crippen LogP contribution < -0.4 is 4.31 Å². The highest BCUT2D eigenvalue weighted by atomic mass is 32.2. The first-order chi connectivity index (χ1) is 11.6. The average molecular weight is 368 g/mol. The number of piperazine rings is 1. The minimum absolute atomic E-state index is 0.109. The van der Waals surface area contributed by atoms with Crippen LogP contribution in [0.1, 0.15) is 24.5 Å². The number of likely N-dealkylation sites (N-methyl/N-ethyl adjacent to an activating group) is 1. The number of carbonyl (C=O) groups excluding carboxylic acids is 1. The molecule has 6 nitrogen and oxygen atoms in total. The molecular formula is C18H29N3O3S. The second-order valence-corrected chi connectivity index (χ2v) is 8.76. The van der Waals surface area contributed by atoms with Crippen LogP contribution >= 0.6 is 0 Å². The number of sulfonamides is 1. The Balaban J connectivity index is 2.41. The van der Waals surface area contributed by atoms with Crippen LogP contribution in [0.5, 0.6) is 0 Å². The van der Waals surface area contributed by atoms with Crippen molar-refractivity contribution >= 4 is 21.6 Å². The standard InChI is InChI=1S/C18H29N3O3S/c1-6-16(18(22)20-11-9-19(4)10-12-20)21(25(5,23)24)17-13-14(2)7-8-15(17)3/h7-8,13,16H,6,9-12H2,1-5H3. The number of rotatable bonds is 5. The van der Waals surface area contributed by atoms with Gasteiger partial charge in [-0.05, 0) is 44.5 Å². The van der Waals surface area contributed by atoms with E-state index in [9.17, 15) is 13.2 Å². The first kappa shape index (κ1) is 19.7. The number of aryl methyl sites for hydroxylation is 2. The van der Waals surface area contributed by atoms with Gasteiger partial charge in [0.05, 0.1) is 11.9 Å². The van der Waals surface area contributed by atoms with E-state index >= 15 is 0 Å². The summed E-state index contributed by atoms with van der Waals surface area (Å²) in [7, 11) is -1.56. The third-order valence-electron chi connectivity index (χ3n) is 4.73. The molecule has 2 rings (SSSR count). The molecule has 1 saturated heterocycles. The van der Waals surface area contributed by atoms with Crippen LogP contribution in [0.25, 0.3) is 0 Å². The third-order valence-corrected chi connectivity index (χ3v) is 5.89. The van der Waals surface area contributed by atoms with Gasteiger partial charge in [-0.15, -0.1) is 0 Å². The molecule has 0 N–H and O–H groups in total. The zero-order valence-electron chi connectivity index (χ0n) is 15.8. The van der Waals surface area contributed by atoms with Crippen molar-refractivity contribution in [3.8, 4) is 0 Å². The number of amides is 1. The highest BCUT2D eigenvalue weighted by Crippen LogP contribution is 2.28. The molecule has 1 aromatic rings. The average Bonchev–Trinajstić information content (AvgIpc) is 2.54. The molecule has 1 unspecified atom stereocenters. The summed E-state index contributed by atoms with van der Waals surface area (Å²) < 4.78 is 26.5. The largest absolute Gasteiger partial charge is 0.338 e. The quantitative estimate of drug-likeness (QED) is 0.793. The molecule has 0 aliphatic carbocycles. The second kappa shape index (κ2) is 7.74. The maximum absolute atomic E-state index is 13.1. The molecule has 140 valence electrons. The van der Waals surface area contributed by atoms with E-state index in [1.54, 1.807) is 4.90 Å². The van der Waals surface area contributed by atoms with E-state index < -0.39 is 16.1 Å². The van der Waals surface area contributed by atoms with Gasteiger partial charge in [0, 0.05) is 26.2 Å². The Hall–Kier alpha value is -1.60. The van der Waals surface area contributed by atoms with Crippen LogP contribution in [0, 0.1) is 13.8 Å². The highest BCUT2D eigenvalue weighted by Gasteiger charge is 2.35. The molecule has 1 aliphatic rings. The van der Waals surface area contributed by atoms with Gasteiger partial charge in [-0.25, -0.2) is 8.42 Å². The minimum atomic E-state index is -3.59. The molecule has 0 bridgehead atoms. The number of nitrogens with zero attached hydrogens (tertiary/aromatic N) is 3. The van der Waals surface area contributed by atoms with Crippen LogP contribution in [0.15, 0.2) is 18.2 Å². The SMILES string of the molecule is CCC(C(=O)N1CCN(C)CC1)N(c1cc(C)ccc1C)S(C)(=O)=O. The van der Waals surface area contributed by atoms with E-state index in [0.717, 1.165) is 24.2 Å². The molecule has 7 heteroatoms. The van der Waals surface area contributed by atoms with Gasteiger partial charge in [-0.1, -0.05) is 19.1 Å². The second-order valence-electron chi connectivity index (χ2n) is 6.90.